The molecule has 0 saturated heterocycles. The Bertz CT molecular complexity index is 1650. The Hall–Kier alpha value is -3.88. The van der Waals surface area contributed by atoms with Crippen LogP contribution in [0.1, 0.15) is 27.2 Å². The third-order valence-electron chi connectivity index (χ3n) is 6.94. The lowest BCUT2D eigenvalue weighted by atomic mass is 9.94. The molecular weight excluding hydrogens is 528 g/mol. The van der Waals surface area contributed by atoms with E-state index in [1.807, 2.05) is 73.7 Å². The highest BCUT2D eigenvalue weighted by Crippen LogP contribution is 2.48. The highest BCUT2D eigenvalue weighted by Gasteiger charge is 2.37. The molecule has 0 spiro atoms. The molecule has 6 nitrogen and oxygen atoms in total. The molecule has 4 aromatic rings. The van der Waals surface area contributed by atoms with E-state index in [-0.39, 0.29) is 0 Å². The first-order chi connectivity index (χ1) is 19.0. The Morgan fingerprint density at radius 3 is 2.26 bits per heavy atom. The number of fused-ring (bicyclic) bond motifs is 4. The molecule has 196 valence electrons. The van der Waals surface area contributed by atoms with Crippen LogP contribution in [0, 0.1) is 6.92 Å². The summed E-state index contributed by atoms with van der Waals surface area (Å²) >= 11 is 3.30. The summed E-state index contributed by atoms with van der Waals surface area (Å²) in [7, 11) is 2.75. The number of thioether (sulfide) groups is 2. The SMILES string of the molecule is COC(=O)/C(=C1/CSc2ccccc2N1)c1c(C(=O)OC)c2n(c1-c1ccc(C)cc1)-c1ccccc1SC2. The van der Waals surface area contributed by atoms with Crippen molar-refractivity contribution in [3.8, 4) is 16.9 Å². The van der Waals surface area contributed by atoms with Gasteiger partial charge in [0.2, 0.25) is 0 Å². The lowest BCUT2D eigenvalue weighted by Gasteiger charge is -2.24. The molecule has 3 aromatic carbocycles. The maximum atomic E-state index is 13.7. The number of benzene rings is 3. The number of hydrogen-bond donors (Lipinski definition) is 1. The van der Waals surface area contributed by atoms with E-state index < -0.39 is 11.9 Å². The molecule has 6 rings (SSSR count). The van der Waals surface area contributed by atoms with Gasteiger partial charge in [0.1, 0.15) is 0 Å². The Morgan fingerprint density at radius 2 is 1.51 bits per heavy atom. The smallest absolute Gasteiger partial charge is 0.340 e. The average molecular weight is 555 g/mol. The van der Waals surface area contributed by atoms with Gasteiger partial charge in [0, 0.05) is 38.3 Å². The van der Waals surface area contributed by atoms with E-state index >= 15 is 0 Å². The van der Waals surface area contributed by atoms with Gasteiger partial charge in [-0.3, -0.25) is 0 Å². The summed E-state index contributed by atoms with van der Waals surface area (Å²) in [6.07, 6.45) is 0. The maximum Gasteiger partial charge on any atom is 0.340 e. The van der Waals surface area contributed by atoms with E-state index in [2.05, 4.69) is 16.0 Å². The van der Waals surface area contributed by atoms with E-state index in [1.165, 1.54) is 14.2 Å². The van der Waals surface area contributed by atoms with Crippen LogP contribution < -0.4 is 5.32 Å². The van der Waals surface area contributed by atoms with Gasteiger partial charge in [0.25, 0.3) is 0 Å². The third kappa shape index (κ3) is 4.33. The predicted molar refractivity (Wildman–Crippen MR) is 157 cm³/mol. The highest BCUT2D eigenvalue weighted by atomic mass is 32.2. The molecule has 8 heteroatoms. The van der Waals surface area contributed by atoms with E-state index in [4.69, 9.17) is 9.47 Å². The second-order valence-corrected chi connectivity index (χ2v) is 11.3. The molecule has 3 heterocycles. The molecular formula is C31H26N2O4S2. The van der Waals surface area contributed by atoms with Crippen molar-refractivity contribution in [3.05, 3.63) is 101 Å². The fourth-order valence-corrected chi connectivity index (χ4v) is 7.15. The average Bonchev–Trinajstić information content (AvgIpc) is 3.32. The van der Waals surface area contributed by atoms with E-state index in [1.54, 1.807) is 23.5 Å². The van der Waals surface area contributed by atoms with Crippen molar-refractivity contribution >= 4 is 46.7 Å². The number of anilines is 1. The van der Waals surface area contributed by atoms with E-state index in [0.29, 0.717) is 33.9 Å². The van der Waals surface area contributed by atoms with Gasteiger partial charge in [-0.25, -0.2) is 9.59 Å². The number of esters is 2. The van der Waals surface area contributed by atoms with Crippen molar-refractivity contribution in [3.63, 3.8) is 0 Å². The minimum absolute atomic E-state index is 0.333. The normalized spacial score (nSPS) is 14.8. The molecule has 0 atom stereocenters. The van der Waals surface area contributed by atoms with Gasteiger partial charge in [0.05, 0.1) is 42.4 Å². The van der Waals surface area contributed by atoms with Crippen LogP contribution in [0.15, 0.2) is 88.3 Å². The summed E-state index contributed by atoms with van der Waals surface area (Å²) in [6, 6.07) is 24.2. The summed E-state index contributed by atoms with van der Waals surface area (Å²) in [4.78, 5) is 29.5. The molecule has 2 aliphatic rings. The first-order valence-electron chi connectivity index (χ1n) is 12.5. The van der Waals surface area contributed by atoms with Crippen LogP contribution >= 0.6 is 23.5 Å². The lowest BCUT2D eigenvalue weighted by Crippen LogP contribution is -2.18. The quantitative estimate of drug-likeness (QED) is 0.216. The van der Waals surface area contributed by atoms with Crippen LogP contribution in [0.5, 0.6) is 0 Å². The van der Waals surface area contributed by atoms with Crippen LogP contribution in [0.2, 0.25) is 0 Å². The molecule has 0 fully saturated rings. The monoisotopic (exact) mass is 554 g/mol. The number of methoxy groups -OCH3 is 2. The Kier molecular flexibility index (Phi) is 6.74. The number of hydrogen-bond acceptors (Lipinski definition) is 7. The first kappa shape index (κ1) is 25.4. The van der Waals surface area contributed by atoms with Crippen molar-refractivity contribution in [1.82, 2.24) is 4.57 Å². The Balaban J connectivity index is 1.74. The van der Waals surface area contributed by atoms with Crippen molar-refractivity contribution < 1.29 is 19.1 Å². The number of aryl methyl sites for hydroxylation is 1. The number of nitrogens with zero attached hydrogens (tertiary/aromatic N) is 1. The largest absolute Gasteiger partial charge is 0.465 e. The number of para-hydroxylation sites is 2. The Morgan fingerprint density at radius 1 is 0.821 bits per heavy atom. The number of carbonyl (C=O) groups excluding carboxylic acids is 2. The van der Waals surface area contributed by atoms with Gasteiger partial charge >= 0.3 is 11.9 Å². The van der Waals surface area contributed by atoms with Gasteiger partial charge in [-0.2, -0.15) is 0 Å². The minimum Gasteiger partial charge on any atom is -0.465 e. The molecule has 0 amide bonds. The predicted octanol–water partition coefficient (Wildman–Crippen LogP) is 6.95. The van der Waals surface area contributed by atoms with Crippen LogP contribution in [-0.4, -0.2) is 36.5 Å². The number of ether oxygens (including phenoxy) is 2. The van der Waals surface area contributed by atoms with Gasteiger partial charge in [0.15, 0.2) is 0 Å². The second kappa shape index (κ2) is 10.4. The minimum atomic E-state index is -0.514. The lowest BCUT2D eigenvalue weighted by molar-refractivity contribution is -0.133. The van der Waals surface area contributed by atoms with Gasteiger partial charge in [-0.05, 0) is 36.8 Å². The molecule has 2 aliphatic heterocycles. The molecule has 0 saturated carbocycles. The maximum absolute atomic E-state index is 13.7. The second-order valence-electron chi connectivity index (χ2n) is 9.25. The van der Waals surface area contributed by atoms with Crippen LogP contribution in [0.4, 0.5) is 5.69 Å². The summed E-state index contributed by atoms with van der Waals surface area (Å²) < 4.78 is 12.8. The van der Waals surface area contributed by atoms with E-state index in [9.17, 15) is 9.59 Å². The standard InChI is InChI=1S/C31H26N2O4S2/c1-18-12-14-19(15-13-18)29-28(26(30(34)36-2)21-16-38-24-10-6-4-8-20(24)32-21)27(31(35)37-3)23-17-39-25-11-7-5-9-22(25)33(23)29/h4-15,32H,16-17H2,1-3H3/b26-21-. The van der Waals surface area contributed by atoms with Crippen LogP contribution in [0.25, 0.3) is 22.5 Å². The van der Waals surface area contributed by atoms with E-state index in [0.717, 1.165) is 43.7 Å². The van der Waals surface area contributed by atoms with Gasteiger partial charge < -0.3 is 19.4 Å². The molecule has 1 aromatic heterocycles. The summed E-state index contributed by atoms with van der Waals surface area (Å²) in [5.41, 5.74) is 7.35. The van der Waals surface area contributed by atoms with Gasteiger partial charge in [-0.15, -0.1) is 23.5 Å². The zero-order valence-electron chi connectivity index (χ0n) is 21.7. The zero-order chi connectivity index (χ0) is 27.1. The molecule has 1 N–H and O–H groups in total. The van der Waals surface area contributed by atoms with Crippen LogP contribution in [-0.2, 0) is 20.0 Å². The first-order valence-corrected chi connectivity index (χ1v) is 14.4. The summed E-state index contributed by atoms with van der Waals surface area (Å²) in [5.74, 6) is 0.0638. The fourth-order valence-electron chi connectivity index (χ4n) is 5.14. The number of carbonyl (C=O) groups is 2. The Labute approximate surface area is 235 Å². The number of nitrogens with one attached hydrogen (secondary N) is 1. The molecule has 0 unspecified atom stereocenters. The molecule has 0 aliphatic carbocycles. The van der Waals surface area contributed by atoms with Crippen molar-refractivity contribution in [1.29, 1.82) is 0 Å². The van der Waals surface area contributed by atoms with Crippen LogP contribution in [0.3, 0.4) is 0 Å². The highest BCUT2D eigenvalue weighted by molar-refractivity contribution is 7.99. The topological polar surface area (TPSA) is 69.6 Å². The molecule has 0 bridgehead atoms. The van der Waals surface area contributed by atoms with Gasteiger partial charge in [-0.1, -0.05) is 54.1 Å². The van der Waals surface area contributed by atoms with Crippen molar-refractivity contribution in [2.24, 2.45) is 0 Å². The summed E-state index contributed by atoms with van der Waals surface area (Å²) in [5, 5.41) is 3.47. The molecule has 39 heavy (non-hydrogen) atoms. The zero-order valence-corrected chi connectivity index (χ0v) is 23.4. The molecule has 0 radical (unpaired) electrons. The van der Waals surface area contributed by atoms with Crippen molar-refractivity contribution in [2.45, 2.75) is 22.5 Å². The fraction of sp³-hybridized carbons (Fsp3) is 0.161. The number of aromatic nitrogens is 1. The number of rotatable bonds is 4. The van der Waals surface area contributed by atoms with Crippen molar-refractivity contribution in [2.75, 3.05) is 25.3 Å². The third-order valence-corrected chi connectivity index (χ3v) is 9.11. The summed E-state index contributed by atoms with van der Waals surface area (Å²) in [6.45, 7) is 2.03.